The van der Waals surface area contributed by atoms with Crippen LogP contribution in [-0.4, -0.2) is 103 Å². The van der Waals surface area contributed by atoms with Crippen LogP contribution < -0.4 is 0 Å². The molecule has 0 bridgehead atoms. The van der Waals surface area contributed by atoms with Crippen LogP contribution in [0.5, 0.6) is 0 Å². The van der Waals surface area contributed by atoms with Crippen LogP contribution in [0.4, 0.5) is 0 Å². The van der Waals surface area contributed by atoms with E-state index in [4.69, 9.17) is 15.3 Å². The van der Waals surface area contributed by atoms with E-state index in [1.54, 1.807) is 0 Å². The lowest BCUT2D eigenvalue weighted by molar-refractivity contribution is -0.209. The summed E-state index contributed by atoms with van der Waals surface area (Å²) in [4.78, 5) is 22.7. The molecule has 0 aromatic heterocycles. The van der Waals surface area contributed by atoms with Gasteiger partial charge in [0, 0.05) is 0 Å². The van der Waals surface area contributed by atoms with Crippen molar-refractivity contribution in [3.63, 3.8) is 0 Å². The molecule has 8 N–H and O–H groups in total. The predicted molar refractivity (Wildman–Crippen MR) is 70.2 cm³/mol. The minimum Gasteiger partial charge on any atom is -0.506 e. The SMILES string of the molecule is O=C(OC[C@H]1OC(=O)[C@H](O)[C@@H](O)[C@H]1O)/C(O)=C(/O)[C@H](O)[C@H](O)CO. The van der Waals surface area contributed by atoms with Crippen molar-refractivity contribution in [2.24, 2.45) is 0 Å². The van der Waals surface area contributed by atoms with Gasteiger partial charge in [-0.2, -0.15) is 0 Å². The Labute approximate surface area is 134 Å². The molecule has 1 fully saturated rings. The van der Waals surface area contributed by atoms with Gasteiger partial charge in [-0.25, -0.2) is 9.59 Å². The molecule has 0 amide bonds. The number of ether oxygens (including phenoxy) is 2. The fourth-order valence-corrected chi connectivity index (χ4v) is 1.72. The average molecular weight is 354 g/mol. The Hall–Kier alpha value is -1.96. The Morgan fingerprint density at radius 1 is 1.17 bits per heavy atom. The third-order valence-electron chi connectivity index (χ3n) is 3.21. The first kappa shape index (κ1) is 20.1. The molecule has 1 aliphatic rings. The highest BCUT2D eigenvalue weighted by Crippen LogP contribution is 2.18. The van der Waals surface area contributed by atoms with Crippen molar-refractivity contribution in [2.75, 3.05) is 13.2 Å². The summed E-state index contributed by atoms with van der Waals surface area (Å²) < 4.78 is 8.95. The van der Waals surface area contributed by atoms with Crippen molar-refractivity contribution >= 4 is 11.9 Å². The molecule has 1 aliphatic heterocycles. The maximum absolute atomic E-state index is 11.5. The number of aliphatic hydroxyl groups excluding tert-OH is 8. The van der Waals surface area contributed by atoms with E-state index in [1.807, 2.05) is 0 Å². The van der Waals surface area contributed by atoms with E-state index < -0.39 is 73.3 Å². The molecule has 138 valence electrons. The van der Waals surface area contributed by atoms with Crippen molar-refractivity contribution in [3.8, 4) is 0 Å². The zero-order valence-corrected chi connectivity index (χ0v) is 12.1. The van der Waals surface area contributed by atoms with Crippen molar-refractivity contribution in [1.29, 1.82) is 0 Å². The first-order valence-electron chi connectivity index (χ1n) is 6.62. The summed E-state index contributed by atoms with van der Waals surface area (Å²) in [6.07, 6.45) is -11.2. The number of esters is 2. The molecule has 0 aliphatic carbocycles. The Morgan fingerprint density at radius 2 is 1.75 bits per heavy atom. The molecule has 0 radical (unpaired) electrons. The summed E-state index contributed by atoms with van der Waals surface area (Å²) >= 11 is 0. The van der Waals surface area contributed by atoms with Crippen LogP contribution >= 0.6 is 0 Å². The van der Waals surface area contributed by atoms with E-state index in [9.17, 15) is 35.1 Å². The van der Waals surface area contributed by atoms with Gasteiger partial charge in [-0.15, -0.1) is 0 Å². The van der Waals surface area contributed by atoms with Gasteiger partial charge in [0.15, 0.2) is 18.0 Å². The van der Waals surface area contributed by atoms with Crippen LogP contribution in [0.15, 0.2) is 11.5 Å². The second-order valence-corrected chi connectivity index (χ2v) is 4.93. The summed E-state index contributed by atoms with van der Waals surface area (Å²) in [7, 11) is 0. The van der Waals surface area contributed by atoms with Gasteiger partial charge in [0.1, 0.15) is 31.0 Å². The number of carbonyl (C=O) groups is 2. The molecule has 24 heavy (non-hydrogen) atoms. The topological polar surface area (TPSA) is 214 Å². The second kappa shape index (κ2) is 8.23. The fourth-order valence-electron chi connectivity index (χ4n) is 1.72. The number of carbonyl (C=O) groups excluding carboxylic acids is 2. The largest absolute Gasteiger partial charge is 0.506 e. The van der Waals surface area contributed by atoms with E-state index >= 15 is 0 Å². The van der Waals surface area contributed by atoms with Crippen molar-refractivity contribution in [2.45, 2.75) is 36.6 Å². The molecule has 0 unspecified atom stereocenters. The molecule has 6 atom stereocenters. The maximum atomic E-state index is 11.5. The maximum Gasteiger partial charge on any atom is 0.377 e. The molecule has 1 rings (SSSR count). The smallest absolute Gasteiger partial charge is 0.377 e. The molecule has 0 saturated carbocycles. The van der Waals surface area contributed by atoms with Crippen LogP contribution in [0.2, 0.25) is 0 Å². The Bertz CT molecular complexity index is 502. The van der Waals surface area contributed by atoms with Crippen LogP contribution in [0, 0.1) is 0 Å². The molecular formula is C12H18O12. The van der Waals surface area contributed by atoms with Crippen molar-refractivity contribution in [1.82, 2.24) is 0 Å². The van der Waals surface area contributed by atoms with Gasteiger partial charge in [-0.1, -0.05) is 0 Å². The first-order chi connectivity index (χ1) is 11.1. The van der Waals surface area contributed by atoms with Gasteiger partial charge in [0.05, 0.1) is 6.61 Å². The number of cyclic esters (lactones) is 1. The minimum atomic E-state index is -2.17. The van der Waals surface area contributed by atoms with Gasteiger partial charge in [-0.05, 0) is 0 Å². The summed E-state index contributed by atoms with van der Waals surface area (Å²) in [5.74, 6) is -5.75. The third kappa shape index (κ3) is 4.31. The molecule has 12 heteroatoms. The van der Waals surface area contributed by atoms with E-state index in [0.717, 1.165) is 0 Å². The average Bonchev–Trinajstić information content (AvgIpc) is 2.58. The summed E-state index contributed by atoms with van der Waals surface area (Å²) in [6, 6.07) is 0. The van der Waals surface area contributed by atoms with Gasteiger partial charge < -0.3 is 50.3 Å². The summed E-state index contributed by atoms with van der Waals surface area (Å²) in [5.41, 5.74) is 0. The quantitative estimate of drug-likeness (QED) is 0.129. The number of hydrogen-bond acceptors (Lipinski definition) is 12. The molecule has 1 heterocycles. The van der Waals surface area contributed by atoms with Crippen LogP contribution in [0.25, 0.3) is 0 Å². The van der Waals surface area contributed by atoms with Crippen LogP contribution in [0.3, 0.4) is 0 Å². The van der Waals surface area contributed by atoms with Gasteiger partial charge >= 0.3 is 11.9 Å². The standard InChI is InChI=1S/C12H18O12/c13-1-3(14)5(15)7(17)9(19)11(21)23-2-4-6(16)8(18)10(20)12(22)24-4/h3-6,8,10,13-20H,1-2H2/b9-7-/t3-,4-,5-,6+,8+,10-/m1/s1. The normalized spacial score (nSPS) is 30.8. The fraction of sp³-hybridized carbons (Fsp3) is 0.667. The predicted octanol–water partition coefficient (Wildman–Crippen LogP) is -4.42. The minimum absolute atomic E-state index is 0.856. The molecule has 0 aromatic rings. The highest BCUT2D eigenvalue weighted by molar-refractivity contribution is 5.86. The second-order valence-electron chi connectivity index (χ2n) is 4.93. The zero-order chi connectivity index (χ0) is 18.6. The Kier molecular flexibility index (Phi) is 6.89. The lowest BCUT2D eigenvalue weighted by atomic mass is 10.0. The van der Waals surface area contributed by atoms with Gasteiger partial charge in [0.25, 0.3) is 0 Å². The Balaban J connectivity index is 2.70. The highest BCUT2D eigenvalue weighted by atomic mass is 16.6. The highest BCUT2D eigenvalue weighted by Gasteiger charge is 2.44. The van der Waals surface area contributed by atoms with Crippen molar-refractivity contribution in [3.05, 3.63) is 11.5 Å². The molecule has 0 aromatic carbocycles. The van der Waals surface area contributed by atoms with Crippen LogP contribution in [0.1, 0.15) is 0 Å². The number of rotatable bonds is 6. The summed E-state index contributed by atoms with van der Waals surface area (Å²) in [5, 5.41) is 73.9. The molecule has 1 saturated heterocycles. The molecular weight excluding hydrogens is 336 g/mol. The van der Waals surface area contributed by atoms with E-state index in [-0.39, 0.29) is 0 Å². The van der Waals surface area contributed by atoms with E-state index in [1.165, 1.54) is 0 Å². The Morgan fingerprint density at radius 3 is 2.29 bits per heavy atom. The zero-order valence-electron chi connectivity index (χ0n) is 12.1. The van der Waals surface area contributed by atoms with E-state index in [2.05, 4.69) is 9.47 Å². The van der Waals surface area contributed by atoms with Crippen LogP contribution in [-0.2, 0) is 19.1 Å². The lowest BCUT2D eigenvalue weighted by Crippen LogP contribution is -2.57. The lowest BCUT2D eigenvalue weighted by Gasteiger charge is -2.33. The van der Waals surface area contributed by atoms with E-state index in [0.29, 0.717) is 0 Å². The molecule has 12 nitrogen and oxygen atoms in total. The van der Waals surface area contributed by atoms with Gasteiger partial charge in [-0.3, -0.25) is 0 Å². The van der Waals surface area contributed by atoms with Crippen molar-refractivity contribution < 1.29 is 59.9 Å². The monoisotopic (exact) mass is 354 g/mol. The summed E-state index contributed by atoms with van der Waals surface area (Å²) in [6.45, 7) is -1.83. The number of hydrogen-bond donors (Lipinski definition) is 8. The van der Waals surface area contributed by atoms with Gasteiger partial charge in [0.2, 0.25) is 5.76 Å². The number of aliphatic hydroxyl groups is 8. The molecule has 0 spiro atoms. The first-order valence-corrected chi connectivity index (χ1v) is 6.62. The third-order valence-corrected chi connectivity index (χ3v) is 3.21.